The number of aliphatic carboxylic acids is 1. The summed E-state index contributed by atoms with van der Waals surface area (Å²) < 4.78 is 0. The number of carboxylic acids is 1. The zero-order chi connectivity index (χ0) is 23.6. The highest BCUT2D eigenvalue weighted by molar-refractivity contribution is 7.80. The monoisotopic (exact) mass is 459 g/mol. The fourth-order valence-corrected chi connectivity index (χ4v) is 3.85. The van der Waals surface area contributed by atoms with Crippen LogP contribution in [0.4, 0.5) is 0 Å². The number of hydrogen-bond acceptors (Lipinski definition) is 7. The standard InChI is InChI=1S/C20H37N5O5S/c1-12(2)10-13(22)17(26)23-14(6-3-4-8-21)19(28)25-9-5-7-16(25)18(27)24-15(11-31)20(29)30/h12-16,31H,3-11,21-22H2,1-2H3,(H,23,26)(H,24,27)(H,29,30). The van der Waals surface area contributed by atoms with E-state index in [1.807, 2.05) is 13.8 Å². The Hall–Kier alpha value is -1.85. The van der Waals surface area contributed by atoms with E-state index in [-0.39, 0.29) is 17.6 Å². The summed E-state index contributed by atoms with van der Waals surface area (Å²) in [7, 11) is 0. The molecule has 1 aliphatic rings. The third-order valence-corrected chi connectivity index (χ3v) is 5.62. The molecule has 11 heteroatoms. The highest BCUT2D eigenvalue weighted by atomic mass is 32.1. The van der Waals surface area contributed by atoms with E-state index in [9.17, 15) is 19.2 Å². The summed E-state index contributed by atoms with van der Waals surface area (Å²) >= 11 is 3.95. The van der Waals surface area contributed by atoms with E-state index < -0.39 is 42.0 Å². The number of carboxylic acid groups (broad SMARTS) is 1. The highest BCUT2D eigenvalue weighted by Crippen LogP contribution is 2.20. The van der Waals surface area contributed by atoms with Gasteiger partial charge in [0.1, 0.15) is 18.1 Å². The summed E-state index contributed by atoms with van der Waals surface area (Å²) in [6.45, 7) is 4.74. The van der Waals surface area contributed by atoms with Crippen molar-refractivity contribution in [3.05, 3.63) is 0 Å². The number of nitrogens with zero attached hydrogens (tertiary/aromatic N) is 1. The van der Waals surface area contributed by atoms with Gasteiger partial charge in [0.15, 0.2) is 0 Å². The van der Waals surface area contributed by atoms with Crippen molar-refractivity contribution in [3.8, 4) is 0 Å². The number of rotatable bonds is 13. The van der Waals surface area contributed by atoms with Gasteiger partial charge in [0.05, 0.1) is 6.04 Å². The van der Waals surface area contributed by atoms with E-state index in [1.165, 1.54) is 4.90 Å². The molecule has 0 aliphatic carbocycles. The van der Waals surface area contributed by atoms with Gasteiger partial charge in [-0.2, -0.15) is 12.6 Å². The molecule has 4 atom stereocenters. The van der Waals surface area contributed by atoms with E-state index in [0.717, 1.165) is 0 Å². The molecule has 3 amide bonds. The molecule has 1 aliphatic heterocycles. The Morgan fingerprint density at radius 3 is 2.39 bits per heavy atom. The summed E-state index contributed by atoms with van der Waals surface area (Å²) in [4.78, 5) is 51.0. The Bertz CT molecular complexity index is 633. The molecule has 0 bridgehead atoms. The lowest BCUT2D eigenvalue weighted by Gasteiger charge is -2.30. The number of carbonyl (C=O) groups is 4. The molecule has 0 aromatic heterocycles. The molecule has 7 N–H and O–H groups in total. The second-order valence-electron chi connectivity index (χ2n) is 8.35. The van der Waals surface area contributed by atoms with E-state index in [1.54, 1.807) is 0 Å². The lowest BCUT2D eigenvalue weighted by atomic mass is 10.0. The summed E-state index contributed by atoms with van der Waals surface area (Å²) in [6, 6.07) is -3.46. The smallest absolute Gasteiger partial charge is 0.327 e. The Labute approximate surface area is 189 Å². The van der Waals surface area contributed by atoms with Crippen LogP contribution in [0.1, 0.15) is 52.4 Å². The van der Waals surface area contributed by atoms with Crippen LogP contribution < -0.4 is 22.1 Å². The Morgan fingerprint density at radius 2 is 1.84 bits per heavy atom. The zero-order valence-electron chi connectivity index (χ0n) is 18.4. The van der Waals surface area contributed by atoms with E-state index in [4.69, 9.17) is 16.6 Å². The quantitative estimate of drug-likeness (QED) is 0.159. The van der Waals surface area contributed by atoms with E-state index in [0.29, 0.717) is 51.6 Å². The SMILES string of the molecule is CC(C)CC(N)C(=O)NC(CCCCN)C(=O)N1CCCC1C(=O)NC(CS)C(=O)O. The van der Waals surface area contributed by atoms with Gasteiger partial charge in [0.2, 0.25) is 17.7 Å². The van der Waals surface area contributed by atoms with Crippen molar-refractivity contribution in [1.29, 1.82) is 0 Å². The molecule has 1 saturated heterocycles. The van der Waals surface area contributed by atoms with Gasteiger partial charge >= 0.3 is 5.97 Å². The third-order valence-electron chi connectivity index (χ3n) is 5.26. The number of nitrogens with one attached hydrogen (secondary N) is 2. The van der Waals surface area contributed by atoms with Gasteiger partial charge < -0.3 is 32.1 Å². The van der Waals surface area contributed by atoms with Crippen molar-refractivity contribution < 1.29 is 24.3 Å². The van der Waals surface area contributed by atoms with Crippen molar-refractivity contribution in [2.24, 2.45) is 17.4 Å². The molecule has 1 rings (SSSR count). The molecule has 0 spiro atoms. The Balaban J connectivity index is 2.91. The topological polar surface area (TPSA) is 168 Å². The zero-order valence-corrected chi connectivity index (χ0v) is 19.3. The predicted octanol–water partition coefficient (Wildman–Crippen LogP) is -0.536. The number of unbranched alkanes of at least 4 members (excludes halogenated alkanes) is 1. The van der Waals surface area contributed by atoms with Gasteiger partial charge in [0.25, 0.3) is 0 Å². The molecule has 1 fully saturated rings. The lowest BCUT2D eigenvalue weighted by Crippen LogP contribution is -2.57. The minimum atomic E-state index is -1.19. The van der Waals surface area contributed by atoms with Crippen molar-refractivity contribution in [2.45, 2.75) is 76.5 Å². The van der Waals surface area contributed by atoms with Gasteiger partial charge in [-0.3, -0.25) is 14.4 Å². The minimum absolute atomic E-state index is 0.0623. The van der Waals surface area contributed by atoms with E-state index >= 15 is 0 Å². The van der Waals surface area contributed by atoms with Crippen molar-refractivity contribution in [3.63, 3.8) is 0 Å². The largest absolute Gasteiger partial charge is 0.480 e. The van der Waals surface area contributed by atoms with Crippen LogP contribution in [0, 0.1) is 5.92 Å². The van der Waals surface area contributed by atoms with E-state index in [2.05, 4.69) is 23.3 Å². The fraction of sp³-hybridized carbons (Fsp3) is 0.800. The van der Waals surface area contributed by atoms with Crippen molar-refractivity contribution >= 4 is 36.3 Å². The Morgan fingerprint density at radius 1 is 1.16 bits per heavy atom. The average molecular weight is 460 g/mol. The van der Waals surface area contributed by atoms with Crippen molar-refractivity contribution in [1.82, 2.24) is 15.5 Å². The number of hydrogen-bond donors (Lipinski definition) is 6. The summed E-state index contributed by atoms with van der Waals surface area (Å²) in [6.07, 6.45) is 3.24. The molecule has 4 unspecified atom stereocenters. The maximum atomic E-state index is 13.3. The van der Waals surface area contributed by atoms with Crippen LogP contribution in [0.2, 0.25) is 0 Å². The van der Waals surface area contributed by atoms with Gasteiger partial charge in [-0.25, -0.2) is 4.79 Å². The van der Waals surface area contributed by atoms with Gasteiger partial charge in [-0.15, -0.1) is 0 Å². The summed E-state index contributed by atoms with van der Waals surface area (Å²) in [5, 5.41) is 14.3. The second-order valence-corrected chi connectivity index (χ2v) is 8.72. The number of likely N-dealkylation sites (tertiary alicyclic amines) is 1. The van der Waals surface area contributed by atoms with Crippen molar-refractivity contribution in [2.75, 3.05) is 18.8 Å². The van der Waals surface area contributed by atoms with Gasteiger partial charge in [-0.05, 0) is 51.0 Å². The van der Waals surface area contributed by atoms with Crippen LogP contribution in [0.25, 0.3) is 0 Å². The van der Waals surface area contributed by atoms with Crippen LogP contribution in [0.3, 0.4) is 0 Å². The molecule has 0 aromatic rings. The first kappa shape index (κ1) is 27.2. The first-order valence-corrected chi connectivity index (χ1v) is 11.5. The first-order valence-electron chi connectivity index (χ1n) is 10.8. The normalized spacial score (nSPS) is 19.0. The lowest BCUT2D eigenvalue weighted by molar-refractivity contribution is -0.144. The maximum absolute atomic E-state index is 13.3. The number of nitrogens with two attached hydrogens (primary N) is 2. The maximum Gasteiger partial charge on any atom is 0.327 e. The average Bonchev–Trinajstić information content (AvgIpc) is 3.19. The molecule has 1 heterocycles. The van der Waals surface area contributed by atoms with Crippen LogP contribution in [-0.4, -0.2) is 76.7 Å². The number of thiol groups is 1. The second kappa shape index (κ2) is 13.5. The van der Waals surface area contributed by atoms with Gasteiger partial charge in [-0.1, -0.05) is 13.8 Å². The molecule has 10 nitrogen and oxygen atoms in total. The summed E-state index contributed by atoms with van der Waals surface area (Å²) in [5.74, 6) is -2.32. The number of amides is 3. The van der Waals surface area contributed by atoms with Crippen LogP contribution >= 0.6 is 12.6 Å². The van der Waals surface area contributed by atoms with Gasteiger partial charge in [0, 0.05) is 12.3 Å². The third kappa shape index (κ3) is 8.66. The Kier molecular flexibility index (Phi) is 11.9. The molecule has 0 radical (unpaired) electrons. The summed E-state index contributed by atoms with van der Waals surface area (Å²) in [5.41, 5.74) is 11.5. The molecule has 31 heavy (non-hydrogen) atoms. The van der Waals surface area contributed by atoms with Crippen LogP contribution in [0.5, 0.6) is 0 Å². The highest BCUT2D eigenvalue weighted by Gasteiger charge is 2.38. The fourth-order valence-electron chi connectivity index (χ4n) is 3.60. The minimum Gasteiger partial charge on any atom is -0.480 e. The van der Waals surface area contributed by atoms with Crippen LogP contribution in [-0.2, 0) is 19.2 Å². The molecule has 178 valence electrons. The molecular weight excluding hydrogens is 422 g/mol. The molecule has 0 aromatic carbocycles. The molecule has 0 saturated carbocycles. The molecular formula is C20H37N5O5S. The number of carbonyl (C=O) groups excluding carboxylic acids is 3. The first-order chi connectivity index (χ1) is 14.6. The predicted molar refractivity (Wildman–Crippen MR) is 120 cm³/mol. The van der Waals surface area contributed by atoms with Crippen LogP contribution in [0.15, 0.2) is 0 Å².